The second-order valence-corrected chi connectivity index (χ2v) is 8.68. The summed E-state index contributed by atoms with van der Waals surface area (Å²) in [6.45, 7) is 3.56. The zero-order chi connectivity index (χ0) is 14.0. The molecule has 1 aromatic rings. The first-order valence-electron chi connectivity index (χ1n) is 7.80. The van der Waals surface area contributed by atoms with Crippen LogP contribution in [0, 0.1) is 5.41 Å². The fourth-order valence-electron chi connectivity index (χ4n) is 3.50. The molecule has 0 atom stereocenters. The Morgan fingerprint density at radius 2 is 2.15 bits per heavy atom. The minimum absolute atomic E-state index is 0.534. The molecule has 112 valence electrons. The minimum atomic E-state index is 0.534. The maximum Gasteiger partial charge on any atom is 0.0325 e. The van der Waals surface area contributed by atoms with E-state index in [0.29, 0.717) is 5.41 Å². The molecule has 1 N–H and O–H groups in total. The molecular formula is C16H25BrN2S. The van der Waals surface area contributed by atoms with Crippen molar-refractivity contribution in [2.24, 2.45) is 5.41 Å². The Labute approximate surface area is 135 Å². The van der Waals surface area contributed by atoms with E-state index >= 15 is 0 Å². The van der Waals surface area contributed by atoms with E-state index in [1.165, 1.54) is 61.0 Å². The highest BCUT2D eigenvalue weighted by molar-refractivity contribution is 9.10. The van der Waals surface area contributed by atoms with Crippen LogP contribution in [0.1, 0.15) is 43.4 Å². The minimum Gasteiger partial charge on any atom is -0.313 e. The number of hydrogen-bond acceptors (Lipinski definition) is 3. The maximum atomic E-state index is 3.78. The van der Waals surface area contributed by atoms with E-state index in [9.17, 15) is 0 Å². The summed E-state index contributed by atoms with van der Waals surface area (Å²) in [4.78, 5) is 3.99. The number of thiophene rings is 1. The van der Waals surface area contributed by atoms with E-state index in [1.807, 2.05) is 11.3 Å². The van der Waals surface area contributed by atoms with Gasteiger partial charge in [0.2, 0.25) is 0 Å². The highest BCUT2D eigenvalue weighted by atomic mass is 79.9. The van der Waals surface area contributed by atoms with Crippen LogP contribution in [-0.4, -0.2) is 31.1 Å². The Morgan fingerprint density at radius 3 is 2.75 bits per heavy atom. The molecule has 20 heavy (non-hydrogen) atoms. The second kappa shape index (κ2) is 6.47. The highest BCUT2D eigenvalue weighted by Crippen LogP contribution is 2.39. The Bertz CT molecular complexity index is 435. The number of hydrogen-bond donors (Lipinski definition) is 1. The summed E-state index contributed by atoms with van der Waals surface area (Å²) in [6.07, 6.45) is 8.45. The molecule has 2 fully saturated rings. The average molecular weight is 357 g/mol. The van der Waals surface area contributed by atoms with E-state index in [4.69, 9.17) is 0 Å². The number of nitrogens with zero attached hydrogens (tertiary/aromatic N) is 1. The normalized spacial score (nSPS) is 21.8. The summed E-state index contributed by atoms with van der Waals surface area (Å²) in [5.74, 6) is 0. The zero-order valence-corrected chi connectivity index (χ0v) is 14.7. The summed E-state index contributed by atoms with van der Waals surface area (Å²) in [5, 5.41) is 5.96. The van der Waals surface area contributed by atoms with Gasteiger partial charge in [-0.1, -0.05) is 12.8 Å². The van der Waals surface area contributed by atoms with Crippen LogP contribution < -0.4 is 5.32 Å². The van der Waals surface area contributed by atoms with E-state index in [1.54, 1.807) is 0 Å². The van der Waals surface area contributed by atoms with Gasteiger partial charge in [-0.25, -0.2) is 0 Å². The molecular weight excluding hydrogens is 332 g/mol. The molecule has 0 aromatic carbocycles. The van der Waals surface area contributed by atoms with Gasteiger partial charge in [0.15, 0.2) is 0 Å². The van der Waals surface area contributed by atoms with Crippen LogP contribution in [-0.2, 0) is 6.54 Å². The molecule has 0 saturated heterocycles. The Hall–Kier alpha value is 0.1000. The van der Waals surface area contributed by atoms with Crippen LogP contribution in [0.4, 0.5) is 0 Å². The van der Waals surface area contributed by atoms with Gasteiger partial charge >= 0.3 is 0 Å². The number of nitrogens with one attached hydrogen (secondary N) is 1. The van der Waals surface area contributed by atoms with Crippen LogP contribution in [0.3, 0.4) is 0 Å². The third-order valence-electron chi connectivity index (χ3n) is 4.66. The van der Waals surface area contributed by atoms with Crippen molar-refractivity contribution >= 4 is 27.3 Å². The van der Waals surface area contributed by atoms with Crippen LogP contribution in [0.2, 0.25) is 0 Å². The number of rotatable bonds is 7. The first-order chi connectivity index (χ1) is 9.65. The fraction of sp³-hybridized carbons (Fsp3) is 0.750. The van der Waals surface area contributed by atoms with Gasteiger partial charge < -0.3 is 10.2 Å². The van der Waals surface area contributed by atoms with Gasteiger partial charge in [0, 0.05) is 40.4 Å². The van der Waals surface area contributed by atoms with Crippen LogP contribution >= 0.6 is 27.3 Å². The van der Waals surface area contributed by atoms with Crippen molar-refractivity contribution in [2.45, 2.75) is 51.1 Å². The van der Waals surface area contributed by atoms with Crippen LogP contribution in [0.25, 0.3) is 0 Å². The van der Waals surface area contributed by atoms with Crippen molar-refractivity contribution in [3.63, 3.8) is 0 Å². The average Bonchev–Trinajstić information content (AvgIpc) is 3.00. The molecule has 3 rings (SSSR count). The molecule has 0 amide bonds. The molecule has 2 aliphatic rings. The molecule has 2 aliphatic carbocycles. The molecule has 1 heterocycles. The van der Waals surface area contributed by atoms with Crippen molar-refractivity contribution in [3.8, 4) is 0 Å². The standard InChI is InChI=1S/C16H25BrN2S/c1-19(9-15-8-13(17)10-20-15)12-16(6-2-3-7-16)11-18-14-4-5-14/h8,10,14,18H,2-7,9,11-12H2,1H3. The molecule has 0 radical (unpaired) electrons. The predicted octanol–water partition coefficient (Wildman–Crippen LogP) is 4.25. The molecule has 0 unspecified atom stereocenters. The number of halogens is 1. The zero-order valence-electron chi connectivity index (χ0n) is 12.3. The lowest BCUT2D eigenvalue weighted by atomic mass is 9.85. The summed E-state index contributed by atoms with van der Waals surface area (Å²) >= 11 is 5.41. The van der Waals surface area contributed by atoms with Crippen LogP contribution in [0.5, 0.6) is 0 Å². The first-order valence-corrected chi connectivity index (χ1v) is 9.47. The van der Waals surface area contributed by atoms with E-state index in [0.717, 1.165) is 12.6 Å². The van der Waals surface area contributed by atoms with Crippen molar-refractivity contribution in [3.05, 3.63) is 20.8 Å². The highest BCUT2D eigenvalue weighted by Gasteiger charge is 2.36. The lowest BCUT2D eigenvalue weighted by molar-refractivity contribution is 0.168. The largest absolute Gasteiger partial charge is 0.313 e. The van der Waals surface area contributed by atoms with Gasteiger partial charge in [-0.3, -0.25) is 0 Å². The summed E-state index contributed by atoms with van der Waals surface area (Å²) in [5.41, 5.74) is 0.534. The fourth-order valence-corrected chi connectivity index (χ4v) is 5.03. The van der Waals surface area contributed by atoms with Gasteiger partial charge in [-0.2, -0.15) is 0 Å². The topological polar surface area (TPSA) is 15.3 Å². The molecule has 2 nitrogen and oxygen atoms in total. The Balaban J connectivity index is 1.54. The van der Waals surface area contributed by atoms with Crippen molar-refractivity contribution < 1.29 is 0 Å². The molecule has 0 spiro atoms. The summed E-state index contributed by atoms with van der Waals surface area (Å²) < 4.78 is 1.22. The van der Waals surface area contributed by atoms with Crippen molar-refractivity contribution in [2.75, 3.05) is 20.1 Å². The van der Waals surface area contributed by atoms with Crippen molar-refractivity contribution in [1.82, 2.24) is 10.2 Å². The Morgan fingerprint density at radius 1 is 1.40 bits per heavy atom. The van der Waals surface area contributed by atoms with Gasteiger partial charge in [0.1, 0.15) is 0 Å². The van der Waals surface area contributed by atoms with Gasteiger partial charge in [-0.05, 0) is 60.1 Å². The lowest BCUT2D eigenvalue weighted by Crippen LogP contribution is -2.41. The first kappa shape index (κ1) is 15.0. The van der Waals surface area contributed by atoms with E-state index in [-0.39, 0.29) is 0 Å². The molecule has 4 heteroatoms. The van der Waals surface area contributed by atoms with Crippen LogP contribution in [0.15, 0.2) is 15.9 Å². The van der Waals surface area contributed by atoms with E-state index < -0.39 is 0 Å². The quantitative estimate of drug-likeness (QED) is 0.785. The second-order valence-electron chi connectivity index (χ2n) is 6.77. The molecule has 1 aromatic heterocycles. The third-order valence-corrected chi connectivity index (χ3v) is 6.34. The van der Waals surface area contributed by atoms with Gasteiger partial charge in [0.25, 0.3) is 0 Å². The SMILES string of the molecule is CN(Cc1cc(Br)cs1)CC1(CNC2CC2)CCCC1. The molecule has 0 bridgehead atoms. The van der Waals surface area contributed by atoms with Gasteiger partial charge in [-0.15, -0.1) is 11.3 Å². The lowest BCUT2D eigenvalue weighted by Gasteiger charge is -2.34. The smallest absolute Gasteiger partial charge is 0.0325 e. The Kier molecular flexibility index (Phi) is 4.86. The van der Waals surface area contributed by atoms with Crippen molar-refractivity contribution in [1.29, 1.82) is 0 Å². The van der Waals surface area contributed by atoms with E-state index in [2.05, 4.69) is 44.6 Å². The summed E-state index contributed by atoms with van der Waals surface area (Å²) in [6, 6.07) is 3.09. The summed E-state index contributed by atoms with van der Waals surface area (Å²) in [7, 11) is 2.28. The molecule has 0 aliphatic heterocycles. The third kappa shape index (κ3) is 4.06. The predicted molar refractivity (Wildman–Crippen MR) is 90.3 cm³/mol. The maximum absolute atomic E-state index is 3.78. The molecule has 2 saturated carbocycles. The van der Waals surface area contributed by atoms with Gasteiger partial charge in [0.05, 0.1) is 0 Å². The monoisotopic (exact) mass is 356 g/mol.